The minimum absolute atomic E-state index is 0.0579. The monoisotopic (exact) mass is 1020 g/mol. The van der Waals surface area contributed by atoms with Crippen molar-refractivity contribution >= 4 is 43.0 Å². The fourth-order valence-corrected chi connectivity index (χ4v) is 20.7. The van der Waals surface area contributed by atoms with E-state index in [1.807, 2.05) is 32.9 Å². The minimum Gasteiger partial charge on any atom is -0.457 e. The van der Waals surface area contributed by atoms with E-state index in [0.717, 1.165) is 85.8 Å². The predicted octanol–water partition coefficient (Wildman–Crippen LogP) is 12.4. The van der Waals surface area contributed by atoms with Crippen LogP contribution in [0.25, 0.3) is 0 Å². The lowest BCUT2D eigenvalue weighted by Crippen LogP contribution is -2.51. The Balaban J connectivity index is 1.71. The Morgan fingerprint density at radius 3 is 2.06 bits per heavy atom. The fraction of sp³-hybridized carbons (Fsp3) is 0.833. The Morgan fingerprint density at radius 1 is 0.928 bits per heavy atom. The highest BCUT2D eigenvalue weighted by Gasteiger charge is 2.51. The standard InChI is InChI=1S/C54H98N2O10Si3/c1-17-46(65-68(21-5,22-6)23-7)41(13)51-47(60-51)36-53(15,66-69(24-8,25-9)26-10)32-27-28-39(11)50-40(12)29-30-48(61-52(59)56-38-43-34-44(56)37-55-43)54(16,63-42(14)57)33-31-45(35-49(58)62-50)64-67(18-2,19-3)20-4/h27-30,32,40-41,43-48,50-51,55H,17-26,31,33-38H2,1-16H3/b30-29-,32-27+,39-28+/t40-,41+,43?,44?,45+,46-,47+,48-,50+,51+,53-,54+/m0/s1. The van der Waals surface area contributed by atoms with Crippen LogP contribution in [0.5, 0.6) is 0 Å². The van der Waals surface area contributed by atoms with Gasteiger partial charge in [0.15, 0.2) is 31.1 Å². The Morgan fingerprint density at radius 2 is 1.54 bits per heavy atom. The molecule has 4 rings (SSSR count). The quantitative estimate of drug-likeness (QED) is 0.0234. The summed E-state index contributed by atoms with van der Waals surface area (Å²) in [6.07, 6.45) is 11.4. The third-order valence-electron chi connectivity index (χ3n) is 17.2. The number of esters is 2. The smallest absolute Gasteiger partial charge is 0.410 e. The number of nitrogens with one attached hydrogen (secondary N) is 1. The second-order valence-electron chi connectivity index (χ2n) is 21.7. The van der Waals surface area contributed by atoms with Gasteiger partial charge in [0.05, 0.1) is 30.3 Å². The van der Waals surface area contributed by atoms with Crippen molar-refractivity contribution in [1.29, 1.82) is 0 Å². The van der Waals surface area contributed by atoms with E-state index in [0.29, 0.717) is 19.4 Å². The first-order chi connectivity index (χ1) is 32.6. The van der Waals surface area contributed by atoms with Crippen molar-refractivity contribution < 1.29 is 46.6 Å². The van der Waals surface area contributed by atoms with Gasteiger partial charge in [-0.15, -0.1) is 0 Å². The summed E-state index contributed by atoms with van der Waals surface area (Å²) in [4.78, 5) is 42.9. The van der Waals surface area contributed by atoms with E-state index in [-0.39, 0.29) is 54.6 Å². The molecule has 0 radical (unpaired) electrons. The number of hydrogen-bond acceptors (Lipinski definition) is 11. The number of nitrogens with zero attached hydrogens (tertiary/aromatic N) is 1. The summed E-state index contributed by atoms with van der Waals surface area (Å²) >= 11 is 0. The highest BCUT2D eigenvalue weighted by atomic mass is 28.4. The van der Waals surface area contributed by atoms with Crippen LogP contribution in [0.15, 0.2) is 36.0 Å². The van der Waals surface area contributed by atoms with Gasteiger partial charge in [0.1, 0.15) is 11.7 Å². The zero-order valence-corrected chi connectivity index (χ0v) is 49.2. The van der Waals surface area contributed by atoms with Crippen LogP contribution in [-0.2, 0) is 41.8 Å². The number of likely N-dealkylation sites (tertiary alicyclic amines) is 1. The number of piperazine rings is 1. The van der Waals surface area contributed by atoms with Gasteiger partial charge in [0.2, 0.25) is 0 Å². The molecule has 0 saturated carbocycles. The van der Waals surface area contributed by atoms with Crippen LogP contribution in [0.4, 0.5) is 4.79 Å². The van der Waals surface area contributed by atoms with Gasteiger partial charge in [-0.05, 0) is 113 Å². The highest BCUT2D eigenvalue weighted by molar-refractivity contribution is 6.74. The number of amides is 1. The van der Waals surface area contributed by atoms with Gasteiger partial charge in [-0.1, -0.05) is 107 Å². The minimum atomic E-state index is -2.20. The number of fused-ring (bicyclic) bond motifs is 2. The summed E-state index contributed by atoms with van der Waals surface area (Å²) in [5.41, 5.74) is -0.949. The van der Waals surface area contributed by atoms with Gasteiger partial charge in [0.25, 0.3) is 0 Å². The molecule has 0 aromatic heterocycles. The average Bonchev–Trinajstić information content (AvgIpc) is 3.72. The summed E-state index contributed by atoms with van der Waals surface area (Å²) in [7, 11) is -6.06. The van der Waals surface area contributed by atoms with E-state index < -0.39 is 66.5 Å². The van der Waals surface area contributed by atoms with Crippen molar-refractivity contribution in [3.8, 4) is 0 Å². The Bertz CT molecular complexity index is 1730. The molecule has 396 valence electrons. The van der Waals surface area contributed by atoms with Crippen LogP contribution in [-0.4, -0.2) is 121 Å². The Kier molecular flexibility index (Phi) is 22.6. The molecule has 4 heterocycles. The third-order valence-corrected chi connectivity index (χ3v) is 31.4. The number of carbonyl (C=O) groups excluding carboxylic acids is 3. The number of cyclic esters (lactones) is 1. The van der Waals surface area contributed by atoms with Crippen molar-refractivity contribution in [3.05, 3.63) is 36.0 Å². The predicted molar refractivity (Wildman–Crippen MR) is 286 cm³/mol. The van der Waals surface area contributed by atoms with E-state index >= 15 is 0 Å². The molecule has 2 unspecified atom stereocenters. The maximum Gasteiger partial charge on any atom is 0.410 e. The van der Waals surface area contributed by atoms with Crippen LogP contribution in [0.1, 0.15) is 149 Å². The van der Waals surface area contributed by atoms with Gasteiger partial charge >= 0.3 is 18.0 Å². The number of allylic oxidation sites excluding steroid dienone is 2. The van der Waals surface area contributed by atoms with Crippen LogP contribution >= 0.6 is 0 Å². The molecule has 1 amide bonds. The zero-order chi connectivity index (χ0) is 51.4. The molecule has 12 nitrogen and oxygen atoms in total. The average molecular weight is 1020 g/mol. The number of epoxide rings is 1. The SMILES string of the molecule is CC[C@H](O[Si](CC)(CC)CC)[C@@H](C)[C@H]1O[C@@H]1C[C@](C)(/C=C/C=C(\C)[C@H]1OC(=O)C[C@H](O[Si](CC)(CC)CC)CC[C@@](C)(OC(C)=O)[C@@H](OC(=O)N2CC3CC2CN3)/C=C\[C@@H]1C)O[Si](CC)(CC)CC. The Hall–Kier alpha value is -2.12. The third kappa shape index (κ3) is 15.5. The summed E-state index contributed by atoms with van der Waals surface area (Å²) in [5, 5.41) is 3.46. The normalized spacial score (nSPS) is 30.5. The molecular formula is C54H98N2O10Si3. The van der Waals surface area contributed by atoms with Gasteiger partial charge in [-0.2, -0.15) is 0 Å². The first-order valence-electron chi connectivity index (χ1n) is 27.5. The summed E-state index contributed by atoms with van der Waals surface area (Å²) in [6.45, 7) is 35.5. The maximum absolute atomic E-state index is 14.2. The van der Waals surface area contributed by atoms with Gasteiger partial charge in [-0.3, -0.25) is 9.59 Å². The van der Waals surface area contributed by atoms with Crippen LogP contribution < -0.4 is 5.32 Å². The number of hydrogen-bond donors (Lipinski definition) is 1. The summed E-state index contributed by atoms with van der Waals surface area (Å²) in [5.74, 6) is -0.861. The molecule has 12 atom stereocenters. The Labute approximate surface area is 422 Å². The highest BCUT2D eigenvalue weighted by Crippen LogP contribution is 2.43. The molecule has 0 aromatic rings. The van der Waals surface area contributed by atoms with Gasteiger partial charge in [-0.25, -0.2) is 4.79 Å². The van der Waals surface area contributed by atoms with Crippen molar-refractivity contribution in [2.45, 2.75) is 264 Å². The summed E-state index contributed by atoms with van der Waals surface area (Å²) in [6, 6.07) is 9.53. The molecule has 0 spiro atoms. The second kappa shape index (κ2) is 26.2. The topological polar surface area (TPSA) is 134 Å². The van der Waals surface area contributed by atoms with E-state index in [9.17, 15) is 14.4 Å². The molecular weight excluding hydrogens is 921 g/mol. The molecule has 69 heavy (non-hydrogen) atoms. The van der Waals surface area contributed by atoms with Crippen LogP contribution in [0.3, 0.4) is 0 Å². The molecule has 3 saturated heterocycles. The van der Waals surface area contributed by atoms with E-state index in [1.165, 1.54) is 6.92 Å². The first kappa shape index (κ1) is 59.4. The van der Waals surface area contributed by atoms with Crippen molar-refractivity contribution in [3.63, 3.8) is 0 Å². The number of carbonyl (C=O) groups is 3. The van der Waals surface area contributed by atoms with Crippen molar-refractivity contribution in [2.24, 2.45) is 11.8 Å². The van der Waals surface area contributed by atoms with Crippen molar-refractivity contribution in [1.82, 2.24) is 10.2 Å². The van der Waals surface area contributed by atoms with Gasteiger partial charge < -0.3 is 42.4 Å². The fourth-order valence-electron chi connectivity index (χ4n) is 11.7. The van der Waals surface area contributed by atoms with Gasteiger partial charge in [0, 0.05) is 56.5 Å². The lowest BCUT2D eigenvalue weighted by Gasteiger charge is -2.39. The maximum atomic E-state index is 14.2. The lowest BCUT2D eigenvalue weighted by molar-refractivity contribution is -0.168. The first-order valence-corrected chi connectivity index (χ1v) is 35.1. The number of rotatable bonds is 25. The largest absolute Gasteiger partial charge is 0.457 e. The molecule has 1 N–H and O–H groups in total. The molecule has 4 aliphatic heterocycles. The van der Waals surface area contributed by atoms with E-state index in [4.69, 9.17) is 32.2 Å². The summed E-state index contributed by atoms with van der Waals surface area (Å²) < 4.78 is 47.1. The van der Waals surface area contributed by atoms with Crippen LogP contribution in [0.2, 0.25) is 54.4 Å². The second-order valence-corrected chi connectivity index (χ2v) is 35.8. The molecule has 15 heteroatoms. The lowest BCUT2D eigenvalue weighted by atomic mass is 9.88. The number of ether oxygens (including phenoxy) is 4. The molecule has 4 aliphatic rings. The zero-order valence-electron chi connectivity index (χ0n) is 46.2. The molecule has 3 fully saturated rings. The van der Waals surface area contributed by atoms with E-state index in [2.05, 4.69) is 107 Å². The molecule has 0 aromatic carbocycles. The van der Waals surface area contributed by atoms with Crippen molar-refractivity contribution in [2.75, 3.05) is 13.1 Å². The van der Waals surface area contributed by atoms with Crippen LogP contribution in [0, 0.1) is 11.8 Å². The van der Waals surface area contributed by atoms with E-state index in [1.54, 1.807) is 4.90 Å². The molecule has 2 bridgehead atoms. The molecule has 0 aliphatic carbocycles.